The Kier molecular flexibility index (Phi) is 3.59. The molecule has 1 fully saturated rings. The lowest BCUT2D eigenvalue weighted by Crippen LogP contribution is -2.30. The molecule has 6 heteroatoms. The fourth-order valence-corrected chi connectivity index (χ4v) is 2.55. The van der Waals surface area contributed by atoms with Crippen LogP contribution in [0, 0.1) is 0 Å². The normalized spacial score (nSPS) is 13.7. The molecule has 114 valence electrons. The molecule has 1 saturated carbocycles. The first-order valence-corrected chi connectivity index (χ1v) is 7.95. The van der Waals surface area contributed by atoms with Crippen LogP contribution in [0.2, 0.25) is 0 Å². The lowest BCUT2D eigenvalue weighted by atomic mass is 10.2. The quantitative estimate of drug-likeness (QED) is 0.723. The van der Waals surface area contributed by atoms with E-state index in [0.717, 1.165) is 16.8 Å². The summed E-state index contributed by atoms with van der Waals surface area (Å²) in [4.78, 5) is 13.6. The second kappa shape index (κ2) is 5.89. The molecule has 23 heavy (non-hydrogen) atoms. The van der Waals surface area contributed by atoms with Gasteiger partial charge in [-0.15, -0.1) is 0 Å². The Hall–Kier alpha value is -2.60. The second-order valence-corrected chi connectivity index (χ2v) is 5.94. The summed E-state index contributed by atoms with van der Waals surface area (Å²) in [5.74, 6) is 0.676. The van der Waals surface area contributed by atoms with E-state index >= 15 is 0 Å². The molecule has 3 aromatic rings. The number of thiocarbonyl (C=S) groups is 1. The van der Waals surface area contributed by atoms with Gasteiger partial charge in [0, 0.05) is 11.6 Å². The molecule has 0 unspecified atom stereocenters. The van der Waals surface area contributed by atoms with Gasteiger partial charge in [0.05, 0.1) is 11.9 Å². The Labute approximate surface area is 139 Å². The van der Waals surface area contributed by atoms with Gasteiger partial charge < -0.3 is 10.6 Å². The highest BCUT2D eigenvalue weighted by Crippen LogP contribution is 2.20. The molecule has 0 bridgehead atoms. The number of benzene rings is 1. The number of pyridine rings is 1. The summed E-state index contributed by atoms with van der Waals surface area (Å²) < 4.78 is 0. The monoisotopic (exact) mass is 321 g/mol. The highest BCUT2D eigenvalue weighted by atomic mass is 32.1. The number of aromatic nitrogens is 3. The first-order valence-electron chi connectivity index (χ1n) is 7.55. The third-order valence-electron chi connectivity index (χ3n) is 3.63. The lowest BCUT2D eigenvalue weighted by molar-refractivity contribution is 0.918. The first-order chi connectivity index (χ1) is 11.3. The third-order valence-corrected chi connectivity index (χ3v) is 3.85. The largest absolute Gasteiger partial charge is 0.360 e. The molecule has 1 aliphatic rings. The van der Waals surface area contributed by atoms with Gasteiger partial charge in [0.25, 0.3) is 0 Å². The minimum atomic E-state index is 0.514. The average Bonchev–Trinajstić information content (AvgIpc) is 3.39. The molecule has 1 aromatic carbocycles. The summed E-state index contributed by atoms with van der Waals surface area (Å²) in [7, 11) is 0. The Balaban J connectivity index is 1.62. The van der Waals surface area contributed by atoms with Gasteiger partial charge in [-0.1, -0.05) is 30.3 Å². The van der Waals surface area contributed by atoms with Crippen LogP contribution in [0.15, 0.2) is 48.7 Å². The zero-order valence-corrected chi connectivity index (χ0v) is 13.2. The van der Waals surface area contributed by atoms with Gasteiger partial charge in [0.1, 0.15) is 11.3 Å². The van der Waals surface area contributed by atoms with E-state index in [1.807, 2.05) is 42.5 Å². The molecule has 0 amide bonds. The maximum absolute atomic E-state index is 5.28. The molecule has 2 aromatic heterocycles. The standard InChI is InChI=1S/C17H15N5S/c23-17(19-12-6-7-12)22-15-9-8-13-16(21-15)20-14(10-18-13)11-4-2-1-3-5-11/h1-5,8-10,12H,6-7H2,(H2,19,20,21,22,23). The minimum absolute atomic E-state index is 0.514. The fraction of sp³-hybridized carbons (Fsp3) is 0.176. The van der Waals surface area contributed by atoms with Crippen LogP contribution < -0.4 is 10.6 Å². The molecular formula is C17H15N5S. The van der Waals surface area contributed by atoms with Crippen molar-refractivity contribution in [2.75, 3.05) is 5.32 Å². The molecule has 5 nitrogen and oxygen atoms in total. The fourth-order valence-electron chi connectivity index (χ4n) is 2.28. The lowest BCUT2D eigenvalue weighted by Gasteiger charge is -2.09. The molecule has 2 N–H and O–H groups in total. The van der Waals surface area contributed by atoms with Crippen molar-refractivity contribution in [3.8, 4) is 11.3 Å². The van der Waals surface area contributed by atoms with Gasteiger partial charge in [0.15, 0.2) is 10.8 Å². The molecule has 1 aliphatic carbocycles. The van der Waals surface area contributed by atoms with Crippen LogP contribution in [0.25, 0.3) is 22.4 Å². The third kappa shape index (κ3) is 3.27. The number of hydrogen-bond donors (Lipinski definition) is 2. The summed E-state index contributed by atoms with van der Waals surface area (Å²) in [5.41, 5.74) is 3.19. The highest BCUT2D eigenvalue weighted by Gasteiger charge is 2.21. The van der Waals surface area contributed by atoms with Crippen molar-refractivity contribution in [3.63, 3.8) is 0 Å². The van der Waals surface area contributed by atoms with Gasteiger partial charge in [-0.3, -0.25) is 4.98 Å². The van der Waals surface area contributed by atoms with Crippen LogP contribution in [-0.2, 0) is 0 Å². The van der Waals surface area contributed by atoms with Gasteiger partial charge in [-0.05, 0) is 37.2 Å². The van der Waals surface area contributed by atoms with Crippen molar-refractivity contribution < 1.29 is 0 Å². The number of nitrogens with one attached hydrogen (secondary N) is 2. The van der Waals surface area contributed by atoms with Crippen molar-refractivity contribution >= 4 is 34.3 Å². The summed E-state index contributed by atoms with van der Waals surface area (Å²) in [5, 5.41) is 6.94. The smallest absolute Gasteiger partial charge is 0.180 e. The predicted octanol–water partition coefficient (Wildman–Crippen LogP) is 3.14. The number of nitrogens with zero attached hydrogens (tertiary/aromatic N) is 3. The van der Waals surface area contributed by atoms with Crippen LogP contribution in [0.4, 0.5) is 5.82 Å². The van der Waals surface area contributed by atoms with Crippen LogP contribution in [0.1, 0.15) is 12.8 Å². The average molecular weight is 321 g/mol. The number of fused-ring (bicyclic) bond motifs is 1. The molecule has 0 saturated heterocycles. The van der Waals surface area contributed by atoms with Gasteiger partial charge in [-0.25, -0.2) is 9.97 Å². The molecule has 0 spiro atoms. The van der Waals surface area contributed by atoms with Crippen LogP contribution in [0.5, 0.6) is 0 Å². The van der Waals surface area contributed by atoms with E-state index in [2.05, 4.69) is 25.6 Å². The Morgan fingerprint density at radius 1 is 1.04 bits per heavy atom. The van der Waals surface area contributed by atoms with Crippen LogP contribution in [0.3, 0.4) is 0 Å². The topological polar surface area (TPSA) is 62.7 Å². The molecule has 4 rings (SSSR count). The zero-order chi connectivity index (χ0) is 15.6. The van der Waals surface area contributed by atoms with E-state index in [-0.39, 0.29) is 0 Å². The zero-order valence-electron chi connectivity index (χ0n) is 12.4. The maximum atomic E-state index is 5.28. The van der Waals surface area contributed by atoms with Crippen molar-refractivity contribution in [3.05, 3.63) is 48.7 Å². The van der Waals surface area contributed by atoms with Gasteiger partial charge in [-0.2, -0.15) is 0 Å². The highest BCUT2D eigenvalue weighted by molar-refractivity contribution is 7.80. The van der Waals surface area contributed by atoms with Crippen LogP contribution >= 0.6 is 12.2 Å². The number of hydrogen-bond acceptors (Lipinski definition) is 4. The summed E-state index contributed by atoms with van der Waals surface area (Å²) in [6.07, 6.45) is 4.13. The molecule has 0 atom stereocenters. The minimum Gasteiger partial charge on any atom is -0.360 e. The summed E-state index contributed by atoms with van der Waals surface area (Å²) in [6.45, 7) is 0. The van der Waals surface area contributed by atoms with E-state index in [0.29, 0.717) is 22.6 Å². The van der Waals surface area contributed by atoms with Gasteiger partial charge in [0.2, 0.25) is 0 Å². The van der Waals surface area contributed by atoms with Crippen molar-refractivity contribution in [1.29, 1.82) is 0 Å². The number of rotatable bonds is 3. The van der Waals surface area contributed by atoms with E-state index in [9.17, 15) is 0 Å². The Morgan fingerprint density at radius 3 is 2.65 bits per heavy atom. The van der Waals surface area contributed by atoms with E-state index in [1.54, 1.807) is 6.20 Å². The molecule has 0 radical (unpaired) electrons. The van der Waals surface area contributed by atoms with E-state index < -0.39 is 0 Å². The molecule has 2 heterocycles. The second-order valence-electron chi connectivity index (χ2n) is 5.53. The SMILES string of the molecule is S=C(Nc1ccc2ncc(-c3ccccc3)nc2n1)NC1CC1. The first kappa shape index (κ1) is 14.0. The van der Waals surface area contributed by atoms with Crippen molar-refractivity contribution in [2.45, 2.75) is 18.9 Å². The molecular weight excluding hydrogens is 306 g/mol. The van der Waals surface area contributed by atoms with Crippen molar-refractivity contribution in [2.24, 2.45) is 0 Å². The van der Waals surface area contributed by atoms with Gasteiger partial charge >= 0.3 is 0 Å². The molecule has 0 aliphatic heterocycles. The number of anilines is 1. The predicted molar refractivity (Wildman–Crippen MR) is 95.1 cm³/mol. The summed E-state index contributed by atoms with van der Waals surface area (Å²) >= 11 is 5.28. The van der Waals surface area contributed by atoms with Crippen LogP contribution in [-0.4, -0.2) is 26.1 Å². The van der Waals surface area contributed by atoms with E-state index in [1.165, 1.54) is 12.8 Å². The maximum Gasteiger partial charge on any atom is 0.180 e. The van der Waals surface area contributed by atoms with Crippen molar-refractivity contribution in [1.82, 2.24) is 20.3 Å². The summed E-state index contributed by atoms with van der Waals surface area (Å²) in [6, 6.07) is 14.2. The Morgan fingerprint density at radius 2 is 1.87 bits per heavy atom. The van der Waals surface area contributed by atoms with E-state index in [4.69, 9.17) is 12.2 Å². The Bertz CT molecular complexity index is 861.